The molecule has 0 nitrogen and oxygen atoms in total. The van der Waals surface area contributed by atoms with Crippen molar-refractivity contribution in [2.45, 2.75) is 44.9 Å². The third-order valence-electron chi connectivity index (χ3n) is 4.60. The van der Waals surface area contributed by atoms with E-state index in [9.17, 15) is 0 Å². The first kappa shape index (κ1) is 6.51. The lowest BCUT2D eigenvalue weighted by molar-refractivity contribution is 0.162. The van der Waals surface area contributed by atoms with Crippen LogP contribution in [0.2, 0.25) is 0 Å². The van der Waals surface area contributed by atoms with Crippen LogP contribution in [0.25, 0.3) is 0 Å². The molecule has 0 heterocycles. The van der Waals surface area contributed by atoms with Gasteiger partial charge < -0.3 is 0 Å². The zero-order valence-electron chi connectivity index (χ0n) is 7.26. The molecule has 0 atom stereocenters. The molecule has 11 heavy (non-hydrogen) atoms. The van der Waals surface area contributed by atoms with E-state index in [-0.39, 0.29) is 0 Å². The van der Waals surface area contributed by atoms with E-state index in [1.807, 2.05) is 0 Å². The van der Waals surface area contributed by atoms with E-state index in [1.54, 1.807) is 44.9 Å². The molecule has 0 amide bonds. The van der Waals surface area contributed by atoms with Crippen LogP contribution < -0.4 is 0 Å². The molecular formula is C11H18. The predicted octanol–water partition coefficient (Wildman–Crippen LogP) is 3.22. The molecule has 0 unspecified atom stereocenters. The first-order valence-corrected chi connectivity index (χ1v) is 5.45. The third-order valence-corrected chi connectivity index (χ3v) is 4.60. The monoisotopic (exact) mass is 150 g/mol. The second kappa shape index (κ2) is 2.24. The van der Waals surface area contributed by atoms with E-state index < -0.39 is 0 Å². The molecule has 3 fully saturated rings. The Balaban J connectivity index is 1.76. The summed E-state index contributed by atoms with van der Waals surface area (Å²) in [6.45, 7) is 0. The highest BCUT2D eigenvalue weighted by molar-refractivity contribution is 4.96. The predicted molar refractivity (Wildman–Crippen MR) is 46.3 cm³/mol. The molecular weight excluding hydrogens is 132 g/mol. The van der Waals surface area contributed by atoms with Gasteiger partial charge in [-0.3, -0.25) is 0 Å². The zero-order valence-corrected chi connectivity index (χ0v) is 7.26. The van der Waals surface area contributed by atoms with Gasteiger partial charge in [0.25, 0.3) is 0 Å². The van der Waals surface area contributed by atoms with Gasteiger partial charge in [-0.15, -0.1) is 0 Å². The molecule has 0 aromatic rings. The molecule has 2 bridgehead atoms. The summed E-state index contributed by atoms with van der Waals surface area (Å²) in [5.74, 6) is 4.77. The molecule has 3 aliphatic rings. The normalized spacial score (nSPS) is 49.6. The fourth-order valence-electron chi connectivity index (χ4n) is 3.89. The van der Waals surface area contributed by atoms with Gasteiger partial charge in [-0.05, 0) is 49.4 Å². The molecule has 0 aromatic heterocycles. The molecule has 3 aliphatic carbocycles. The smallest absolute Gasteiger partial charge is 0.0329 e. The Hall–Kier alpha value is 0. The third kappa shape index (κ3) is 0.816. The topological polar surface area (TPSA) is 0 Å². The van der Waals surface area contributed by atoms with Crippen molar-refractivity contribution in [3.8, 4) is 0 Å². The molecule has 3 rings (SSSR count). The van der Waals surface area contributed by atoms with Gasteiger partial charge in [0.1, 0.15) is 0 Å². The minimum atomic E-state index is 1.19. The Kier molecular flexibility index (Phi) is 1.33. The van der Waals surface area contributed by atoms with Gasteiger partial charge >= 0.3 is 0 Å². The maximum absolute atomic E-state index is 1.59. The second-order valence-corrected chi connectivity index (χ2v) is 4.94. The van der Waals surface area contributed by atoms with Crippen molar-refractivity contribution in [1.29, 1.82) is 0 Å². The lowest BCUT2D eigenvalue weighted by Gasteiger charge is -2.34. The van der Waals surface area contributed by atoms with Crippen molar-refractivity contribution in [3.63, 3.8) is 0 Å². The van der Waals surface area contributed by atoms with Crippen molar-refractivity contribution >= 4 is 0 Å². The summed E-state index contributed by atoms with van der Waals surface area (Å²) in [7, 11) is 0. The van der Waals surface area contributed by atoms with Gasteiger partial charge in [-0.1, -0.05) is 19.3 Å². The second-order valence-electron chi connectivity index (χ2n) is 4.94. The summed E-state index contributed by atoms with van der Waals surface area (Å²) in [6, 6.07) is 0. The maximum Gasteiger partial charge on any atom is -0.0329 e. The van der Waals surface area contributed by atoms with Gasteiger partial charge in [-0.25, -0.2) is 0 Å². The van der Waals surface area contributed by atoms with E-state index in [2.05, 4.69) is 0 Å². The van der Waals surface area contributed by atoms with Crippen LogP contribution in [0.4, 0.5) is 0 Å². The van der Waals surface area contributed by atoms with Crippen molar-refractivity contribution in [3.05, 3.63) is 0 Å². The first-order valence-electron chi connectivity index (χ1n) is 5.45. The number of fused-ring (bicyclic) bond motifs is 2. The van der Waals surface area contributed by atoms with Crippen LogP contribution in [-0.4, -0.2) is 0 Å². The highest BCUT2D eigenvalue weighted by Crippen LogP contribution is 2.56. The van der Waals surface area contributed by atoms with Crippen molar-refractivity contribution < 1.29 is 0 Å². The molecule has 0 saturated heterocycles. The summed E-state index contributed by atoms with van der Waals surface area (Å²) < 4.78 is 0. The zero-order chi connectivity index (χ0) is 7.26. The van der Waals surface area contributed by atoms with Crippen molar-refractivity contribution in [2.75, 3.05) is 0 Å². The molecule has 0 spiro atoms. The average Bonchev–Trinajstić information content (AvgIpc) is 2.46. The molecule has 0 N–H and O–H groups in total. The Morgan fingerprint density at radius 1 is 0.545 bits per heavy atom. The van der Waals surface area contributed by atoms with Crippen molar-refractivity contribution in [1.82, 2.24) is 0 Å². The largest absolute Gasteiger partial charge is 0.0528 e. The standard InChI is InChI=1S/C11H18/c1-2-8(3-1)11-9-4-5-10(11)7-6-9/h8-11H,1-7H2. The Morgan fingerprint density at radius 2 is 1.00 bits per heavy atom. The number of rotatable bonds is 1. The minimum Gasteiger partial charge on any atom is -0.0528 e. The van der Waals surface area contributed by atoms with E-state index >= 15 is 0 Å². The Morgan fingerprint density at radius 3 is 1.36 bits per heavy atom. The van der Waals surface area contributed by atoms with Gasteiger partial charge in [0.05, 0.1) is 0 Å². The van der Waals surface area contributed by atoms with Crippen LogP contribution >= 0.6 is 0 Å². The van der Waals surface area contributed by atoms with Gasteiger partial charge in [0, 0.05) is 0 Å². The van der Waals surface area contributed by atoms with E-state index in [0.29, 0.717) is 0 Å². The van der Waals surface area contributed by atoms with E-state index in [1.165, 1.54) is 23.7 Å². The lowest BCUT2D eigenvalue weighted by atomic mass is 9.71. The fraction of sp³-hybridized carbons (Fsp3) is 1.00. The molecule has 3 saturated carbocycles. The SMILES string of the molecule is C1CC(C2C3CCC2CC3)C1. The average molecular weight is 150 g/mol. The number of hydrogen-bond acceptors (Lipinski definition) is 0. The van der Waals surface area contributed by atoms with Crippen LogP contribution in [0, 0.1) is 23.7 Å². The Labute approximate surface area is 69.4 Å². The van der Waals surface area contributed by atoms with Crippen LogP contribution in [0.1, 0.15) is 44.9 Å². The van der Waals surface area contributed by atoms with Gasteiger partial charge in [0.15, 0.2) is 0 Å². The summed E-state index contributed by atoms with van der Waals surface area (Å²) >= 11 is 0. The van der Waals surface area contributed by atoms with Crippen LogP contribution in [0.15, 0.2) is 0 Å². The lowest BCUT2D eigenvalue weighted by Crippen LogP contribution is -2.25. The van der Waals surface area contributed by atoms with Gasteiger partial charge in [0.2, 0.25) is 0 Å². The van der Waals surface area contributed by atoms with E-state index in [4.69, 9.17) is 0 Å². The quantitative estimate of drug-likeness (QED) is 0.538. The van der Waals surface area contributed by atoms with Crippen LogP contribution in [0.3, 0.4) is 0 Å². The minimum absolute atomic E-state index is 1.19. The van der Waals surface area contributed by atoms with Crippen LogP contribution in [-0.2, 0) is 0 Å². The summed E-state index contributed by atoms with van der Waals surface area (Å²) in [5.41, 5.74) is 0. The fourth-order valence-corrected chi connectivity index (χ4v) is 3.89. The van der Waals surface area contributed by atoms with Gasteiger partial charge in [-0.2, -0.15) is 0 Å². The summed E-state index contributed by atoms with van der Waals surface area (Å²) in [5, 5.41) is 0. The maximum atomic E-state index is 1.59. The molecule has 0 heteroatoms. The van der Waals surface area contributed by atoms with Crippen molar-refractivity contribution in [2.24, 2.45) is 23.7 Å². The summed E-state index contributed by atoms with van der Waals surface area (Å²) in [4.78, 5) is 0. The highest BCUT2D eigenvalue weighted by atomic mass is 14.5. The highest BCUT2D eigenvalue weighted by Gasteiger charge is 2.46. The molecule has 0 aliphatic heterocycles. The summed E-state index contributed by atoms with van der Waals surface area (Å²) in [6.07, 6.45) is 11.1. The molecule has 0 aromatic carbocycles. The van der Waals surface area contributed by atoms with Crippen LogP contribution in [0.5, 0.6) is 0 Å². The Bertz CT molecular complexity index is 137. The molecule has 62 valence electrons. The molecule has 0 radical (unpaired) electrons. The number of hydrogen-bond donors (Lipinski definition) is 0. The van der Waals surface area contributed by atoms with E-state index in [0.717, 1.165) is 0 Å². The first-order chi connectivity index (χ1) is 5.45.